The van der Waals surface area contributed by atoms with Crippen LogP contribution in [0.25, 0.3) is 0 Å². The monoisotopic (exact) mass is 200 g/mol. The van der Waals surface area contributed by atoms with Crippen molar-refractivity contribution in [3.63, 3.8) is 0 Å². The zero-order valence-corrected chi connectivity index (χ0v) is 8.74. The Balaban J connectivity index is 2.25. The second kappa shape index (κ2) is 5.32. The van der Waals surface area contributed by atoms with Gasteiger partial charge in [0.25, 0.3) is 0 Å². The maximum atomic E-state index is 10.7. The summed E-state index contributed by atoms with van der Waals surface area (Å²) in [7, 11) is 0. The zero-order chi connectivity index (χ0) is 10.6. The smallest absolute Gasteiger partial charge is 0.236 e. The van der Waals surface area contributed by atoms with E-state index in [2.05, 4.69) is 6.92 Å². The third kappa shape index (κ3) is 3.27. The molecule has 0 spiro atoms. The predicted octanol–water partition coefficient (Wildman–Crippen LogP) is 0.394. The van der Waals surface area contributed by atoms with E-state index in [9.17, 15) is 4.79 Å². The Hall–Kier alpha value is -0.610. The molecule has 4 N–H and O–H groups in total. The van der Waals surface area contributed by atoms with Crippen LogP contribution in [0, 0.1) is 5.92 Å². The minimum absolute atomic E-state index is 0.254. The molecule has 1 aliphatic carbocycles. The summed E-state index contributed by atoms with van der Waals surface area (Å²) >= 11 is 0. The highest BCUT2D eigenvalue weighted by molar-refractivity contribution is 5.79. The Bertz CT molecular complexity index is 197. The molecule has 1 amide bonds. The number of nitrogens with two attached hydrogens (primary N) is 2. The molecule has 14 heavy (non-hydrogen) atoms. The molecule has 4 heteroatoms. The van der Waals surface area contributed by atoms with E-state index in [1.165, 1.54) is 19.3 Å². The van der Waals surface area contributed by atoms with Crippen LogP contribution in [0.4, 0.5) is 0 Å². The highest BCUT2D eigenvalue weighted by Crippen LogP contribution is 2.26. The van der Waals surface area contributed by atoms with Crippen LogP contribution in [0.15, 0.2) is 0 Å². The lowest BCUT2D eigenvalue weighted by atomic mass is 9.88. The van der Waals surface area contributed by atoms with Crippen LogP contribution in [-0.4, -0.2) is 24.7 Å². The molecule has 1 aliphatic rings. The molecule has 3 atom stereocenters. The first-order chi connectivity index (χ1) is 6.61. The van der Waals surface area contributed by atoms with Crippen molar-refractivity contribution >= 4 is 5.91 Å². The van der Waals surface area contributed by atoms with Gasteiger partial charge in [0.1, 0.15) is 6.04 Å². The highest BCUT2D eigenvalue weighted by atomic mass is 16.5. The number of rotatable bonds is 4. The van der Waals surface area contributed by atoms with Crippen LogP contribution in [0.1, 0.15) is 32.6 Å². The van der Waals surface area contributed by atoms with E-state index in [4.69, 9.17) is 16.2 Å². The fourth-order valence-electron chi connectivity index (χ4n) is 1.84. The van der Waals surface area contributed by atoms with Gasteiger partial charge in [-0.1, -0.05) is 19.8 Å². The lowest BCUT2D eigenvalue weighted by molar-refractivity contribution is -0.121. The van der Waals surface area contributed by atoms with Crippen LogP contribution in [0.2, 0.25) is 0 Å². The molecule has 0 aromatic heterocycles. The van der Waals surface area contributed by atoms with Crippen molar-refractivity contribution in [2.75, 3.05) is 6.61 Å². The molecular weight excluding hydrogens is 180 g/mol. The first-order valence-corrected chi connectivity index (χ1v) is 5.27. The summed E-state index contributed by atoms with van der Waals surface area (Å²) in [6.07, 6.45) is 5.03. The van der Waals surface area contributed by atoms with Gasteiger partial charge in [-0.2, -0.15) is 0 Å². The largest absolute Gasteiger partial charge is 0.376 e. The molecular formula is C10H20N2O2. The topological polar surface area (TPSA) is 78.3 Å². The second-order valence-corrected chi connectivity index (χ2v) is 4.14. The van der Waals surface area contributed by atoms with E-state index in [-0.39, 0.29) is 12.7 Å². The van der Waals surface area contributed by atoms with Gasteiger partial charge in [-0.05, 0) is 18.8 Å². The maximum absolute atomic E-state index is 10.7. The summed E-state index contributed by atoms with van der Waals surface area (Å²) in [6.45, 7) is 2.43. The van der Waals surface area contributed by atoms with Gasteiger partial charge >= 0.3 is 0 Å². The molecule has 82 valence electrons. The van der Waals surface area contributed by atoms with Gasteiger partial charge in [0.2, 0.25) is 5.91 Å². The van der Waals surface area contributed by atoms with E-state index >= 15 is 0 Å². The van der Waals surface area contributed by atoms with E-state index in [0.29, 0.717) is 5.92 Å². The third-order valence-electron chi connectivity index (χ3n) is 2.89. The zero-order valence-electron chi connectivity index (χ0n) is 8.74. The van der Waals surface area contributed by atoms with Crippen molar-refractivity contribution < 1.29 is 9.53 Å². The maximum Gasteiger partial charge on any atom is 0.236 e. The van der Waals surface area contributed by atoms with Gasteiger partial charge < -0.3 is 16.2 Å². The third-order valence-corrected chi connectivity index (χ3v) is 2.89. The fourth-order valence-corrected chi connectivity index (χ4v) is 1.84. The number of carbonyl (C=O) groups is 1. The van der Waals surface area contributed by atoms with E-state index in [0.717, 1.165) is 6.42 Å². The van der Waals surface area contributed by atoms with Crippen molar-refractivity contribution in [3.05, 3.63) is 0 Å². The Kier molecular flexibility index (Phi) is 4.35. The SMILES string of the molecule is CC1CCCCC1OCC(N)C(N)=O. The van der Waals surface area contributed by atoms with Gasteiger partial charge in [-0.15, -0.1) is 0 Å². The fraction of sp³-hybridized carbons (Fsp3) is 0.900. The second-order valence-electron chi connectivity index (χ2n) is 4.14. The van der Waals surface area contributed by atoms with Crippen LogP contribution in [0.5, 0.6) is 0 Å². The van der Waals surface area contributed by atoms with Gasteiger partial charge in [-0.3, -0.25) is 4.79 Å². The first-order valence-electron chi connectivity index (χ1n) is 5.27. The van der Waals surface area contributed by atoms with Gasteiger partial charge in [0, 0.05) is 0 Å². The van der Waals surface area contributed by atoms with Crippen molar-refractivity contribution in [2.45, 2.75) is 44.8 Å². The average molecular weight is 200 g/mol. The van der Waals surface area contributed by atoms with Crippen molar-refractivity contribution in [2.24, 2.45) is 17.4 Å². The molecule has 4 nitrogen and oxygen atoms in total. The Morgan fingerprint density at radius 3 is 2.71 bits per heavy atom. The van der Waals surface area contributed by atoms with E-state index in [1.807, 2.05) is 0 Å². The number of carbonyl (C=O) groups excluding carboxylic acids is 1. The Morgan fingerprint density at radius 2 is 2.14 bits per heavy atom. The molecule has 1 saturated carbocycles. The molecule has 1 fully saturated rings. The molecule has 0 heterocycles. The van der Waals surface area contributed by atoms with Gasteiger partial charge in [0.15, 0.2) is 0 Å². The summed E-state index contributed by atoms with van der Waals surface area (Å²) < 4.78 is 5.59. The lowest BCUT2D eigenvalue weighted by Crippen LogP contribution is -2.42. The standard InChI is InChI=1S/C10H20N2O2/c1-7-4-2-3-5-9(7)14-6-8(11)10(12)13/h7-9H,2-6,11H2,1H3,(H2,12,13). The molecule has 0 bridgehead atoms. The predicted molar refractivity (Wildman–Crippen MR) is 54.5 cm³/mol. The molecule has 0 aromatic rings. The van der Waals surface area contributed by atoms with Crippen LogP contribution in [0.3, 0.4) is 0 Å². The summed E-state index contributed by atoms with van der Waals surface area (Å²) in [5.41, 5.74) is 10.5. The number of primary amides is 1. The minimum Gasteiger partial charge on any atom is -0.376 e. The van der Waals surface area contributed by atoms with Gasteiger partial charge in [0.05, 0.1) is 12.7 Å². The molecule has 0 aromatic carbocycles. The summed E-state index contributed by atoms with van der Waals surface area (Å²) in [4.78, 5) is 10.7. The number of ether oxygens (including phenoxy) is 1. The number of hydrogen-bond donors (Lipinski definition) is 2. The van der Waals surface area contributed by atoms with Crippen LogP contribution < -0.4 is 11.5 Å². The number of hydrogen-bond acceptors (Lipinski definition) is 3. The molecule has 3 unspecified atom stereocenters. The van der Waals surface area contributed by atoms with Crippen molar-refractivity contribution in [1.82, 2.24) is 0 Å². The normalized spacial score (nSPS) is 29.9. The van der Waals surface area contributed by atoms with Crippen LogP contribution >= 0.6 is 0 Å². The average Bonchev–Trinajstić information content (AvgIpc) is 2.16. The van der Waals surface area contributed by atoms with E-state index < -0.39 is 11.9 Å². The molecule has 0 saturated heterocycles. The van der Waals surface area contributed by atoms with Crippen LogP contribution in [-0.2, 0) is 9.53 Å². The minimum atomic E-state index is -0.663. The highest BCUT2D eigenvalue weighted by Gasteiger charge is 2.23. The van der Waals surface area contributed by atoms with E-state index in [1.54, 1.807) is 0 Å². The molecule has 1 rings (SSSR count). The van der Waals surface area contributed by atoms with Crippen molar-refractivity contribution in [3.8, 4) is 0 Å². The summed E-state index contributed by atoms with van der Waals surface area (Å²) in [6, 6.07) is -0.663. The first kappa shape index (κ1) is 11.5. The lowest BCUT2D eigenvalue weighted by Gasteiger charge is -2.29. The Labute approximate surface area is 85.0 Å². The molecule has 0 radical (unpaired) electrons. The summed E-state index contributed by atoms with van der Waals surface area (Å²) in [5, 5.41) is 0. The molecule has 0 aliphatic heterocycles. The van der Waals surface area contributed by atoms with Gasteiger partial charge in [-0.25, -0.2) is 0 Å². The Morgan fingerprint density at radius 1 is 1.50 bits per heavy atom. The quantitative estimate of drug-likeness (QED) is 0.689. The van der Waals surface area contributed by atoms with Crippen molar-refractivity contribution in [1.29, 1.82) is 0 Å². The summed E-state index contributed by atoms with van der Waals surface area (Å²) in [5.74, 6) is 0.0808. The number of amides is 1.